The first kappa shape index (κ1) is 48.2. The van der Waals surface area contributed by atoms with Crippen molar-refractivity contribution in [3.63, 3.8) is 0 Å². The lowest BCUT2D eigenvalue weighted by Crippen LogP contribution is -2.11. The third-order valence-electron chi connectivity index (χ3n) is 14.1. The number of alkyl halides is 6. The van der Waals surface area contributed by atoms with Crippen molar-refractivity contribution >= 4 is 43.6 Å². The van der Waals surface area contributed by atoms with Crippen LogP contribution < -0.4 is 0 Å². The molecule has 0 unspecified atom stereocenters. The van der Waals surface area contributed by atoms with Crippen LogP contribution in [0.15, 0.2) is 200 Å². The van der Waals surface area contributed by atoms with Gasteiger partial charge in [0, 0.05) is 21.5 Å². The molecule has 78 heavy (non-hydrogen) atoms. The van der Waals surface area contributed by atoms with Crippen molar-refractivity contribution in [3.8, 4) is 91.5 Å². The minimum atomic E-state index is -5.15. The zero-order valence-corrected chi connectivity index (χ0v) is 40.5. The molecular formula is C65H33F6N7. The molecule has 370 valence electrons. The molecule has 0 spiro atoms. The standard InChI is InChI=1S/C65H33F6N7/c66-64(67,68)48-25-46(26-49(33-48)65(69,70)71)47-31-62(77-58-21-17-38(50-13-5-1-9-42(50)34-72)27-54(58)55-28-39(18-22-59(55)77)51-14-6-2-10-43(51)35-73)76-63(32-47)78-60-23-19-40(52-15-7-3-11-44(52)36-74)29-56(60)57-30-41(20-24-61(57)78)53-16-8-4-12-45(53)37-75/h1-33H. The molecule has 13 heteroatoms. The Morgan fingerprint density at radius 3 is 0.846 bits per heavy atom. The molecule has 9 aromatic carbocycles. The lowest BCUT2D eigenvalue weighted by atomic mass is 9.96. The van der Waals surface area contributed by atoms with Crippen LogP contribution in [-0.4, -0.2) is 14.1 Å². The summed E-state index contributed by atoms with van der Waals surface area (Å²) in [7, 11) is 0. The van der Waals surface area contributed by atoms with E-state index in [0.29, 0.717) is 123 Å². The van der Waals surface area contributed by atoms with Crippen LogP contribution in [0.4, 0.5) is 26.3 Å². The number of rotatable bonds is 7. The number of hydrogen-bond donors (Lipinski definition) is 0. The second-order valence-corrected chi connectivity index (χ2v) is 18.6. The minimum absolute atomic E-state index is 0.0186. The Kier molecular flexibility index (Phi) is 11.5. The van der Waals surface area contributed by atoms with Gasteiger partial charge in [0.15, 0.2) is 0 Å². The molecule has 0 saturated heterocycles. The smallest absolute Gasteiger partial charge is 0.294 e. The van der Waals surface area contributed by atoms with E-state index in [0.717, 1.165) is 0 Å². The summed E-state index contributed by atoms with van der Waals surface area (Å²) in [5.74, 6) is 0.274. The van der Waals surface area contributed by atoms with E-state index in [1.165, 1.54) is 12.1 Å². The normalized spacial score (nSPS) is 11.7. The van der Waals surface area contributed by atoms with Gasteiger partial charge >= 0.3 is 12.4 Å². The predicted molar refractivity (Wildman–Crippen MR) is 289 cm³/mol. The predicted octanol–water partition coefficient (Wildman–Crippen LogP) is 17.1. The van der Waals surface area contributed by atoms with E-state index in [-0.39, 0.29) is 28.8 Å². The van der Waals surface area contributed by atoms with Crippen LogP contribution in [0.5, 0.6) is 0 Å². The fourth-order valence-corrected chi connectivity index (χ4v) is 10.6. The highest BCUT2D eigenvalue weighted by Crippen LogP contribution is 2.44. The first-order chi connectivity index (χ1) is 37.7. The van der Waals surface area contributed by atoms with E-state index in [4.69, 9.17) is 4.98 Å². The van der Waals surface area contributed by atoms with Crippen LogP contribution in [0.1, 0.15) is 33.4 Å². The molecule has 7 nitrogen and oxygen atoms in total. The second-order valence-electron chi connectivity index (χ2n) is 18.6. The van der Waals surface area contributed by atoms with Gasteiger partial charge < -0.3 is 0 Å². The van der Waals surface area contributed by atoms with Crippen molar-refractivity contribution in [2.75, 3.05) is 0 Å². The van der Waals surface area contributed by atoms with Crippen molar-refractivity contribution < 1.29 is 26.3 Å². The lowest BCUT2D eigenvalue weighted by Gasteiger charge is -2.17. The van der Waals surface area contributed by atoms with Crippen molar-refractivity contribution in [2.24, 2.45) is 0 Å². The van der Waals surface area contributed by atoms with Gasteiger partial charge in [-0.25, -0.2) is 4.98 Å². The Labute approximate surface area is 440 Å². The maximum Gasteiger partial charge on any atom is 0.416 e. The van der Waals surface area contributed by atoms with Crippen molar-refractivity contribution in [3.05, 3.63) is 234 Å². The average molecular weight is 1030 g/mol. The van der Waals surface area contributed by atoms with Gasteiger partial charge in [-0.2, -0.15) is 47.4 Å². The number of nitriles is 4. The zero-order valence-electron chi connectivity index (χ0n) is 40.5. The third-order valence-corrected chi connectivity index (χ3v) is 14.1. The first-order valence-electron chi connectivity index (χ1n) is 24.2. The SMILES string of the molecule is N#Cc1ccccc1-c1ccc2c(c1)c1cc(-c3ccccc3C#N)ccc1n2-c1cc(-c2cc(C(F)(F)F)cc(C(F)(F)F)c2)cc(-n2c3ccc(-c4ccccc4C#N)cc3c3cc(-c4ccccc4C#N)ccc32)n1. The number of nitrogens with zero attached hydrogens (tertiary/aromatic N) is 7. The van der Waals surface area contributed by atoms with E-state index in [1.54, 1.807) is 57.7 Å². The lowest BCUT2D eigenvalue weighted by molar-refractivity contribution is -0.143. The largest absolute Gasteiger partial charge is 0.416 e. The summed E-state index contributed by atoms with van der Waals surface area (Å²) >= 11 is 0. The quantitative estimate of drug-likeness (QED) is 0.147. The number of benzene rings is 9. The molecule has 0 fully saturated rings. The summed E-state index contributed by atoms with van der Waals surface area (Å²) in [5.41, 5.74) is 6.02. The fraction of sp³-hybridized carbons (Fsp3) is 0.0308. The zero-order chi connectivity index (χ0) is 54.0. The van der Waals surface area contributed by atoms with Crippen LogP contribution in [0.2, 0.25) is 0 Å². The van der Waals surface area contributed by atoms with Gasteiger partial charge in [0.05, 0.1) is 79.7 Å². The highest BCUT2D eigenvalue weighted by Gasteiger charge is 2.37. The number of fused-ring (bicyclic) bond motifs is 6. The maximum atomic E-state index is 14.7. The molecular weight excluding hydrogens is 993 g/mol. The molecule has 0 aliphatic rings. The van der Waals surface area contributed by atoms with E-state index in [2.05, 4.69) is 24.3 Å². The summed E-state index contributed by atoms with van der Waals surface area (Å²) in [6.07, 6.45) is -10.3. The van der Waals surface area contributed by atoms with E-state index < -0.39 is 23.5 Å². The van der Waals surface area contributed by atoms with Gasteiger partial charge in [-0.1, -0.05) is 97.1 Å². The maximum absolute atomic E-state index is 14.7. The Hall–Kier alpha value is -10.7. The summed E-state index contributed by atoms with van der Waals surface area (Å²) in [6.45, 7) is 0. The number of aromatic nitrogens is 3. The van der Waals surface area contributed by atoms with Crippen molar-refractivity contribution in [1.82, 2.24) is 14.1 Å². The summed E-state index contributed by atoms with van der Waals surface area (Å²) < 4.78 is 91.9. The molecule has 3 aromatic heterocycles. The number of halogens is 6. The Balaban J connectivity index is 1.19. The third kappa shape index (κ3) is 8.20. The van der Waals surface area contributed by atoms with Crippen molar-refractivity contribution in [1.29, 1.82) is 21.0 Å². The molecule has 0 atom stereocenters. The molecule has 3 heterocycles. The molecule has 0 saturated carbocycles. The molecule has 12 aromatic rings. The first-order valence-corrected chi connectivity index (χ1v) is 24.2. The summed E-state index contributed by atoms with van der Waals surface area (Å²) in [6, 6.07) is 64.4. The highest BCUT2D eigenvalue weighted by atomic mass is 19.4. The highest BCUT2D eigenvalue weighted by molar-refractivity contribution is 6.13. The van der Waals surface area contributed by atoms with E-state index in [1.807, 2.05) is 121 Å². The van der Waals surface area contributed by atoms with Crippen LogP contribution in [0.3, 0.4) is 0 Å². The molecule has 12 rings (SSSR count). The Morgan fingerprint density at radius 1 is 0.308 bits per heavy atom. The average Bonchev–Trinajstić information content (AvgIpc) is 4.06. The topological polar surface area (TPSA) is 118 Å². The summed E-state index contributed by atoms with van der Waals surface area (Å²) in [5, 5.41) is 43.3. The summed E-state index contributed by atoms with van der Waals surface area (Å²) in [4.78, 5) is 5.33. The Bertz CT molecular complexity index is 4150. The van der Waals surface area contributed by atoms with Crippen molar-refractivity contribution in [2.45, 2.75) is 12.4 Å². The van der Waals surface area contributed by atoms with Gasteiger partial charge in [-0.05, 0) is 159 Å². The molecule has 0 N–H and O–H groups in total. The van der Waals surface area contributed by atoms with E-state index >= 15 is 0 Å². The minimum Gasteiger partial charge on any atom is -0.294 e. The monoisotopic (exact) mass is 1030 g/mol. The Morgan fingerprint density at radius 2 is 0.577 bits per heavy atom. The van der Waals surface area contributed by atoms with Gasteiger partial charge in [-0.15, -0.1) is 0 Å². The van der Waals surface area contributed by atoms with Crippen LogP contribution >= 0.6 is 0 Å². The van der Waals surface area contributed by atoms with Crippen LogP contribution in [-0.2, 0) is 12.4 Å². The second kappa shape index (κ2) is 18.6. The van der Waals surface area contributed by atoms with Gasteiger partial charge in [0.1, 0.15) is 11.6 Å². The molecule has 0 amide bonds. The number of hydrogen-bond acceptors (Lipinski definition) is 5. The van der Waals surface area contributed by atoms with Gasteiger partial charge in [0.25, 0.3) is 0 Å². The molecule has 0 radical (unpaired) electrons. The van der Waals surface area contributed by atoms with E-state index in [9.17, 15) is 47.4 Å². The fourth-order valence-electron chi connectivity index (χ4n) is 10.6. The van der Waals surface area contributed by atoms with Crippen LogP contribution in [0.25, 0.3) is 111 Å². The molecule has 0 bridgehead atoms. The number of pyridine rings is 1. The van der Waals surface area contributed by atoms with Crippen LogP contribution in [0, 0.1) is 45.3 Å². The molecule has 0 aliphatic carbocycles. The van der Waals surface area contributed by atoms with Gasteiger partial charge in [-0.3, -0.25) is 9.13 Å². The molecule has 0 aliphatic heterocycles. The van der Waals surface area contributed by atoms with Gasteiger partial charge in [0.2, 0.25) is 0 Å².